The normalized spacial score (nSPS) is 18.9. The van der Waals surface area contributed by atoms with Crippen molar-refractivity contribution in [3.63, 3.8) is 0 Å². The highest BCUT2D eigenvalue weighted by molar-refractivity contribution is 7.89. The Morgan fingerprint density at radius 3 is 2.50 bits per heavy atom. The van der Waals surface area contributed by atoms with Crippen LogP contribution in [0.2, 0.25) is 0 Å². The second-order valence-electron chi connectivity index (χ2n) is 5.92. The molecule has 0 atom stereocenters. The zero-order chi connectivity index (χ0) is 14.8. The van der Waals surface area contributed by atoms with E-state index in [1.165, 1.54) is 12.5 Å². The molecule has 0 unspecified atom stereocenters. The molecule has 1 fully saturated rings. The summed E-state index contributed by atoms with van der Waals surface area (Å²) in [5.41, 5.74) is 5.58. The highest BCUT2D eigenvalue weighted by Gasteiger charge is 2.28. The fraction of sp³-hybridized carbons (Fsp3) is 0.571. The van der Waals surface area contributed by atoms with Crippen LogP contribution in [0.4, 0.5) is 10.1 Å². The molecule has 0 aliphatic heterocycles. The molecule has 0 radical (unpaired) electrons. The van der Waals surface area contributed by atoms with Crippen LogP contribution in [0.15, 0.2) is 23.1 Å². The number of hydrogen-bond donors (Lipinski definition) is 2. The first-order chi connectivity index (χ1) is 9.31. The van der Waals surface area contributed by atoms with Crippen LogP contribution in [0.1, 0.15) is 39.0 Å². The van der Waals surface area contributed by atoms with Crippen molar-refractivity contribution in [3.8, 4) is 0 Å². The monoisotopic (exact) mass is 300 g/mol. The maximum Gasteiger partial charge on any atom is 0.240 e. The van der Waals surface area contributed by atoms with Gasteiger partial charge in [-0.1, -0.05) is 26.2 Å². The molecule has 20 heavy (non-hydrogen) atoms. The molecule has 112 valence electrons. The van der Waals surface area contributed by atoms with Crippen LogP contribution >= 0.6 is 0 Å². The van der Waals surface area contributed by atoms with Crippen LogP contribution in [0.3, 0.4) is 0 Å². The van der Waals surface area contributed by atoms with Gasteiger partial charge in [-0.25, -0.2) is 17.5 Å². The van der Waals surface area contributed by atoms with E-state index < -0.39 is 15.8 Å². The minimum Gasteiger partial charge on any atom is -0.399 e. The number of nitrogens with one attached hydrogen (secondary N) is 1. The first kappa shape index (κ1) is 15.3. The Kier molecular flexibility index (Phi) is 4.34. The Morgan fingerprint density at radius 1 is 1.25 bits per heavy atom. The van der Waals surface area contributed by atoms with Gasteiger partial charge in [-0.3, -0.25) is 0 Å². The number of halogens is 1. The SMILES string of the molecule is CC1(CNS(=O)(=O)c2cc(N)cc(F)c2)CCCCC1. The van der Waals surface area contributed by atoms with Gasteiger partial charge >= 0.3 is 0 Å². The van der Waals surface area contributed by atoms with Crippen molar-refractivity contribution in [2.24, 2.45) is 5.41 Å². The van der Waals surface area contributed by atoms with Crippen LogP contribution in [-0.4, -0.2) is 15.0 Å². The van der Waals surface area contributed by atoms with E-state index in [9.17, 15) is 12.8 Å². The van der Waals surface area contributed by atoms with Crippen LogP contribution in [-0.2, 0) is 10.0 Å². The molecule has 1 aliphatic rings. The third-order valence-corrected chi connectivity index (χ3v) is 5.33. The molecule has 0 aromatic heterocycles. The highest BCUT2D eigenvalue weighted by atomic mass is 32.2. The lowest BCUT2D eigenvalue weighted by atomic mass is 9.76. The molecule has 1 saturated carbocycles. The molecule has 0 saturated heterocycles. The number of benzene rings is 1. The van der Waals surface area contributed by atoms with E-state index in [-0.39, 0.29) is 16.0 Å². The van der Waals surface area contributed by atoms with Gasteiger partial charge < -0.3 is 5.73 Å². The zero-order valence-electron chi connectivity index (χ0n) is 11.7. The quantitative estimate of drug-likeness (QED) is 0.840. The number of nitrogens with two attached hydrogens (primary N) is 1. The average molecular weight is 300 g/mol. The lowest BCUT2D eigenvalue weighted by Gasteiger charge is -2.33. The van der Waals surface area contributed by atoms with Crippen molar-refractivity contribution in [1.82, 2.24) is 4.72 Å². The first-order valence-electron chi connectivity index (χ1n) is 6.87. The van der Waals surface area contributed by atoms with Gasteiger partial charge in [0.15, 0.2) is 0 Å². The first-order valence-corrected chi connectivity index (χ1v) is 8.35. The summed E-state index contributed by atoms with van der Waals surface area (Å²) in [7, 11) is -3.71. The minimum absolute atomic E-state index is 0.00973. The van der Waals surface area contributed by atoms with Crippen molar-refractivity contribution < 1.29 is 12.8 Å². The standard InChI is InChI=1S/C14H21FN2O2S/c1-14(5-3-2-4-6-14)10-17-20(18,19)13-8-11(15)7-12(16)9-13/h7-9,17H,2-6,10,16H2,1H3. The number of sulfonamides is 1. The fourth-order valence-electron chi connectivity index (χ4n) is 2.67. The van der Waals surface area contributed by atoms with E-state index in [0.717, 1.165) is 37.8 Å². The Balaban J connectivity index is 2.11. The van der Waals surface area contributed by atoms with Gasteiger partial charge in [0.25, 0.3) is 0 Å². The summed E-state index contributed by atoms with van der Waals surface area (Å²) in [6.45, 7) is 2.47. The minimum atomic E-state index is -3.71. The summed E-state index contributed by atoms with van der Waals surface area (Å²) in [5.74, 6) is -0.644. The Bertz CT molecular complexity index is 561. The average Bonchev–Trinajstić information content (AvgIpc) is 2.37. The number of hydrogen-bond acceptors (Lipinski definition) is 3. The van der Waals surface area contributed by atoms with Gasteiger partial charge in [-0.15, -0.1) is 0 Å². The van der Waals surface area contributed by atoms with Crippen molar-refractivity contribution in [1.29, 1.82) is 0 Å². The molecule has 0 amide bonds. The molecule has 3 N–H and O–H groups in total. The second-order valence-corrected chi connectivity index (χ2v) is 7.68. The van der Waals surface area contributed by atoms with Crippen molar-refractivity contribution >= 4 is 15.7 Å². The Labute approximate surface area is 119 Å². The van der Waals surface area contributed by atoms with Crippen LogP contribution in [0, 0.1) is 11.2 Å². The van der Waals surface area contributed by atoms with Crippen LogP contribution in [0.5, 0.6) is 0 Å². The molecule has 0 bridgehead atoms. The second kappa shape index (κ2) is 5.69. The smallest absolute Gasteiger partial charge is 0.240 e. The van der Waals surface area contributed by atoms with Gasteiger partial charge in [0.2, 0.25) is 10.0 Å². The van der Waals surface area contributed by atoms with E-state index in [4.69, 9.17) is 5.73 Å². The van der Waals surface area contributed by atoms with E-state index in [0.29, 0.717) is 6.54 Å². The molecule has 0 spiro atoms. The Hall–Kier alpha value is -1.14. The van der Waals surface area contributed by atoms with Gasteiger partial charge in [-0.05, 0) is 36.5 Å². The molecular formula is C14H21FN2O2S. The van der Waals surface area contributed by atoms with Gasteiger partial charge in [0.05, 0.1) is 4.90 Å². The van der Waals surface area contributed by atoms with Crippen LogP contribution < -0.4 is 10.5 Å². The van der Waals surface area contributed by atoms with E-state index >= 15 is 0 Å². The lowest BCUT2D eigenvalue weighted by Crippen LogP contribution is -2.37. The van der Waals surface area contributed by atoms with E-state index in [1.807, 2.05) is 0 Å². The van der Waals surface area contributed by atoms with E-state index in [2.05, 4.69) is 11.6 Å². The Morgan fingerprint density at radius 2 is 1.90 bits per heavy atom. The maximum absolute atomic E-state index is 13.3. The summed E-state index contributed by atoms with van der Waals surface area (Å²) in [6.07, 6.45) is 5.50. The summed E-state index contributed by atoms with van der Waals surface area (Å²) in [6, 6.07) is 3.36. The summed E-state index contributed by atoms with van der Waals surface area (Å²) in [5, 5.41) is 0. The van der Waals surface area contributed by atoms with Gasteiger partial charge in [0.1, 0.15) is 5.82 Å². The zero-order valence-corrected chi connectivity index (χ0v) is 12.5. The highest BCUT2D eigenvalue weighted by Crippen LogP contribution is 2.35. The molecule has 1 aromatic carbocycles. The number of rotatable bonds is 4. The number of nitrogen functional groups attached to an aromatic ring is 1. The fourth-order valence-corrected chi connectivity index (χ4v) is 3.94. The molecule has 0 heterocycles. The van der Waals surface area contributed by atoms with Crippen LogP contribution in [0.25, 0.3) is 0 Å². The predicted octanol–water partition coefficient (Wildman–Crippen LogP) is 2.66. The summed E-state index contributed by atoms with van der Waals surface area (Å²) >= 11 is 0. The van der Waals surface area contributed by atoms with E-state index in [1.54, 1.807) is 0 Å². The molecule has 4 nitrogen and oxygen atoms in total. The van der Waals surface area contributed by atoms with Crippen molar-refractivity contribution in [2.75, 3.05) is 12.3 Å². The lowest BCUT2D eigenvalue weighted by molar-refractivity contribution is 0.219. The van der Waals surface area contributed by atoms with Gasteiger partial charge in [-0.2, -0.15) is 0 Å². The van der Waals surface area contributed by atoms with Crippen molar-refractivity contribution in [2.45, 2.75) is 43.9 Å². The third kappa shape index (κ3) is 3.70. The molecular weight excluding hydrogens is 279 g/mol. The molecule has 6 heteroatoms. The topological polar surface area (TPSA) is 72.2 Å². The number of anilines is 1. The van der Waals surface area contributed by atoms with Crippen molar-refractivity contribution in [3.05, 3.63) is 24.0 Å². The summed E-state index contributed by atoms with van der Waals surface area (Å²) in [4.78, 5) is -0.116. The maximum atomic E-state index is 13.3. The molecule has 1 aromatic rings. The molecule has 1 aliphatic carbocycles. The predicted molar refractivity (Wildman–Crippen MR) is 77.2 cm³/mol. The summed E-state index contributed by atoms with van der Waals surface area (Å²) < 4.78 is 40.2. The molecule has 2 rings (SSSR count). The largest absolute Gasteiger partial charge is 0.399 e. The van der Waals surface area contributed by atoms with Gasteiger partial charge in [0, 0.05) is 12.2 Å². The third-order valence-electron chi connectivity index (χ3n) is 3.95.